The summed E-state index contributed by atoms with van der Waals surface area (Å²) >= 11 is 0. The quantitative estimate of drug-likeness (QED) is 0.848. The van der Waals surface area contributed by atoms with Crippen LogP contribution in [0.1, 0.15) is 41.0 Å². The van der Waals surface area contributed by atoms with Gasteiger partial charge in [-0.3, -0.25) is 9.59 Å². The van der Waals surface area contributed by atoms with Gasteiger partial charge in [0.1, 0.15) is 0 Å². The summed E-state index contributed by atoms with van der Waals surface area (Å²) < 4.78 is 5.16. The van der Waals surface area contributed by atoms with Crippen LogP contribution in [0.2, 0.25) is 0 Å². The van der Waals surface area contributed by atoms with E-state index < -0.39 is 6.09 Å². The fraction of sp³-hybridized carbons (Fsp3) is 0.786. The number of rotatable bonds is 3. The minimum absolute atomic E-state index is 0.0125. The first-order chi connectivity index (χ1) is 9.10. The van der Waals surface area contributed by atoms with Crippen LogP contribution in [0.15, 0.2) is 0 Å². The first-order valence-electron chi connectivity index (χ1n) is 6.82. The van der Waals surface area contributed by atoms with Crippen LogP contribution in [-0.4, -0.2) is 47.4 Å². The van der Waals surface area contributed by atoms with E-state index in [2.05, 4.69) is 5.32 Å². The molecule has 1 aliphatic rings. The molecule has 1 aliphatic heterocycles. The van der Waals surface area contributed by atoms with E-state index in [1.165, 1.54) is 13.8 Å². The molecule has 1 rings (SSSR count). The Hall–Kier alpha value is -1.59. The Morgan fingerprint density at radius 3 is 2.25 bits per heavy atom. The van der Waals surface area contributed by atoms with Crippen molar-refractivity contribution in [2.75, 3.05) is 13.2 Å². The zero-order valence-corrected chi connectivity index (χ0v) is 12.9. The fourth-order valence-electron chi connectivity index (χ4n) is 2.31. The number of ether oxygens (including phenoxy) is 1. The van der Waals surface area contributed by atoms with Crippen LogP contribution in [0.4, 0.5) is 4.79 Å². The molecule has 1 saturated heterocycles. The molecule has 0 radical (unpaired) electrons. The minimum atomic E-state index is -0.474. The van der Waals surface area contributed by atoms with Crippen molar-refractivity contribution in [2.45, 2.75) is 52.6 Å². The lowest BCUT2D eigenvalue weighted by Gasteiger charge is -2.21. The molecule has 2 amide bonds. The summed E-state index contributed by atoms with van der Waals surface area (Å²) in [6.07, 6.45) is 0.0793. The largest absolute Gasteiger partial charge is 0.449 e. The molecule has 20 heavy (non-hydrogen) atoms. The number of likely N-dealkylation sites (tertiary alicyclic amines) is 1. The van der Waals surface area contributed by atoms with Crippen molar-refractivity contribution in [2.24, 2.45) is 5.92 Å². The van der Waals surface area contributed by atoms with E-state index in [1.807, 2.05) is 20.8 Å². The Labute approximate surface area is 119 Å². The van der Waals surface area contributed by atoms with Crippen LogP contribution in [0.3, 0.4) is 0 Å². The van der Waals surface area contributed by atoms with Gasteiger partial charge in [0.15, 0.2) is 5.78 Å². The van der Waals surface area contributed by atoms with Crippen molar-refractivity contribution in [1.82, 2.24) is 10.2 Å². The number of carbonyl (C=O) groups excluding carboxylic acids is 3. The highest BCUT2D eigenvalue weighted by molar-refractivity contribution is 5.87. The van der Waals surface area contributed by atoms with Gasteiger partial charge in [-0.05, 0) is 34.1 Å². The van der Waals surface area contributed by atoms with Gasteiger partial charge in [0, 0.05) is 24.9 Å². The Morgan fingerprint density at radius 1 is 1.25 bits per heavy atom. The van der Waals surface area contributed by atoms with Crippen molar-refractivity contribution in [3.8, 4) is 0 Å². The normalized spacial score (nSPS) is 22.6. The Morgan fingerprint density at radius 2 is 1.85 bits per heavy atom. The average Bonchev–Trinajstić information content (AvgIpc) is 2.68. The molecular weight excluding hydrogens is 260 g/mol. The van der Waals surface area contributed by atoms with Gasteiger partial charge in [0.2, 0.25) is 5.91 Å². The molecule has 6 heteroatoms. The molecule has 0 saturated carbocycles. The van der Waals surface area contributed by atoms with Crippen molar-refractivity contribution < 1.29 is 19.1 Å². The number of ketones is 1. The molecule has 0 bridgehead atoms. The van der Waals surface area contributed by atoms with Crippen LogP contribution in [0, 0.1) is 5.92 Å². The topological polar surface area (TPSA) is 75.7 Å². The molecule has 0 spiro atoms. The SMILES string of the molecule is CC(=O)[C@@H]1CC(COC(=O)NC(C)(C)C)CN1C(C)=O. The second-order valence-electron chi connectivity index (χ2n) is 6.37. The molecule has 6 nitrogen and oxygen atoms in total. The van der Waals surface area contributed by atoms with Crippen molar-refractivity contribution in [3.63, 3.8) is 0 Å². The van der Waals surface area contributed by atoms with E-state index in [1.54, 1.807) is 4.90 Å². The van der Waals surface area contributed by atoms with Crippen LogP contribution >= 0.6 is 0 Å². The summed E-state index contributed by atoms with van der Waals surface area (Å²) in [5.41, 5.74) is -0.347. The lowest BCUT2D eigenvalue weighted by atomic mass is 10.0. The lowest BCUT2D eigenvalue weighted by molar-refractivity contribution is -0.135. The third-order valence-electron chi connectivity index (χ3n) is 3.19. The highest BCUT2D eigenvalue weighted by atomic mass is 16.5. The van der Waals surface area contributed by atoms with Gasteiger partial charge in [-0.25, -0.2) is 4.79 Å². The van der Waals surface area contributed by atoms with Gasteiger partial charge >= 0.3 is 6.09 Å². The maximum Gasteiger partial charge on any atom is 0.407 e. The molecule has 1 N–H and O–H groups in total. The zero-order valence-electron chi connectivity index (χ0n) is 12.9. The average molecular weight is 284 g/mol. The van der Waals surface area contributed by atoms with E-state index in [0.29, 0.717) is 13.0 Å². The second kappa shape index (κ2) is 6.24. The van der Waals surface area contributed by atoms with E-state index in [-0.39, 0.29) is 35.8 Å². The van der Waals surface area contributed by atoms with E-state index in [0.717, 1.165) is 0 Å². The second-order valence-corrected chi connectivity index (χ2v) is 6.37. The number of alkyl carbamates (subject to hydrolysis) is 1. The maximum absolute atomic E-state index is 11.6. The smallest absolute Gasteiger partial charge is 0.407 e. The van der Waals surface area contributed by atoms with Gasteiger partial charge in [-0.1, -0.05) is 0 Å². The van der Waals surface area contributed by atoms with Crippen molar-refractivity contribution in [1.29, 1.82) is 0 Å². The maximum atomic E-state index is 11.6. The van der Waals surface area contributed by atoms with Crippen molar-refractivity contribution in [3.05, 3.63) is 0 Å². The van der Waals surface area contributed by atoms with Crippen LogP contribution in [0.5, 0.6) is 0 Å². The van der Waals surface area contributed by atoms with Gasteiger partial charge < -0.3 is 15.0 Å². The summed E-state index contributed by atoms with van der Waals surface area (Å²) in [5, 5.41) is 2.70. The molecular formula is C14H24N2O4. The summed E-state index contributed by atoms with van der Waals surface area (Å²) in [4.78, 5) is 36.1. The van der Waals surface area contributed by atoms with E-state index >= 15 is 0 Å². The summed E-state index contributed by atoms with van der Waals surface area (Å²) in [6, 6.07) is -0.383. The molecule has 1 unspecified atom stereocenters. The predicted molar refractivity (Wildman–Crippen MR) is 74.2 cm³/mol. The van der Waals surface area contributed by atoms with Gasteiger partial charge in [-0.15, -0.1) is 0 Å². The number of Topliss-reactive ketones (excluding diaryl/α,β-unsaturated/α-hetero) is 1. The number of amides is 2. The first kappa shape index (κ1) is 16.5. The standard InChI is InChI=1S/C14H24N2O4/c1-9(17)12-6-11(7-16(12)10(2)18)8-20-13(19)15-14(3,4)5/h11-12H,6-8H2,1-5H3,(H,15,19)/t11?,12-/m0/s1. The van der Waals surface area contributed by atoms with Crippen molar-refractivity contribution >= 4 is 17.8 Å². The number of nitrogens with zero attached hydrogens (tertiary/aromatic N) is 1. The van der Waals surface area contributed by atoms with Gasteiger partial charge in [0.25, 0.3) is 0 Å². The fourth-order valence-corrected chi connectivity index (χ4v) is 2.31. The highest BCUT2D eigenvalue weighted by Crippen LogP contribution is 2.24. The number of hydrogen-bond donors (Lipinski definition) is 1. The molecule has 114 valence electrons. The summed E-state index contributed by atoms with van der Waals surface area (Å²) in [5.74, 6) is -0.132. The summed E-state index contributed by atoms with van der Waals surface area (Å²) in [7, 11) is 0. The van der Waals surface area contributed by atoms with Gasteiger partial charge in [-0.2, -0.15) is 0 Å². The van der Waals surface area contributed by atoms with Gasteiger partial charge in [0.05, 0.1) is 12.6 Å². The van der Waals surface area contributed by atoms with E-state index in [9.17, 15) is 14.4 Å². The molecule has 1 heterocycles. The van der Waals surface area contributed by atoms with Crippen LogP contribution in [-0.2, 0) is 14.3 Å². The monoisotopic (exact) mass is 284 g/mol. The Kier molecular flexibility index (Phi) is 5.14. The highest BCUT2D eigenvalue weighted by Gasteiger charge is 2.36. The van der Waals surface area contributed by atoms with Crippen LogP contribution in [0.25, 0.3) is 0 Å². The number of carbonyl (C=O) groups is 3. The lowest BCUT2D eigenvalue weighted by Crippen LogP contribution is -2.41. The van der Waals surface area contributed by atoms with E-state index in [4.69, 9.17) is 4.74 Å². The molecule has 0 aromatic rings. The number of hydrogen-bond acceptors (Lipinski definition) is 4. The predicted octanol–water partition coefficient (Wildman–Crippen LogP) is 1.34. The molecule has 0 aliphatic carbocycles. The minimum Gasteiger partial charge on any atom is -0.449 e. The first-order valence-corrected chi connectivity index (χ1v) is 6.82. The molecule has 2 atom stereocenters. The Bertz CT molecular complexity index is 378. The summed E-state index contributed by atoms with van der Waals surface area (Å²) in [6.45, 7) is 9.22. The zero-order chi connectivity index (χ0) is 15.5. The van der Waals surface area contributed by atoms with Crippen LogP contribution < -0.4 is 5.32 Å². The number of nitrogens with one attached hydrogen (secondary N) is 1. The third-order valence-corrected chi connectivity index (χ3v) is 3.19. The molecule has 1 fully saturated rings. The Balaban J connectivity index is 2.49. The molecule has 0 aromatic carbocycles. The molecule has 0 aromatic heterocycles. The third kappa shape index (κ3) is 4.83.